The molecule has 1 saturated carbocycles. The van der Waals surface area contributed by atoms with Gasteiger partial charge in [0.15, 0.2) is 0 Å². The van der Waals surface area contributed by atoms with E-state index in [0.29, 0.717) is 31.3 Å². The number of hydrogen-bond acceptors (Lipinski definition) is 7. The van der Waals surface area contributed by atoms with Crippen molar-refractivity contribution >= 4 is 35.4 Å². The van der Waals surface area contributed by atoms with Crippen LogP contribution in [0.3, 0.4) is 0 Å². The second-order valence-corrected chi connectivity index (χ2v) is 15.1. The van der Waals surface area contributed by atoms with E-state index in [1.807, 2.05) is 17.2 Å². The number of aromatic amines is 2. The Hall–Kier alpha value is -5.98. The highest BCUT2D eigenvalue weighted by molar-refractivity contribution is 5.85. The summed E-state index contributed by atoms with van der Waals surface area (Å²) in [6.07, 6.45) is 8.85. The molecule has 2 aliphatic carbocycles. The number of methoxy groups -OCH3 is 1. The van der Waals surface area contributed by atoms with Crippen molar-refractivity contribution < 1.29 is 23.9 Å². The first kappa shape index (κ1) is 34.8. The largest absolute Gasteiger partial charge is 0.453 e. The van der Waals surface area contributed by atoms with E-state index in [4.69, 9.17) is 9.97 Å². The van der Waals surface area contributed by atoms with E-state index < -0.39 is 6.09 Å². The molecule has 4 heterocycles. The van der Waals surface area contributed by atoms with Gasteiger partial charge in [-0.15, -0.1) is 0 Å². The van der Waals surface area contributed by atoms with Crippen molar-refractivity contribution in [2.75, 3.05) is 33.3 Å². The number of H-pyrrole nitrogens is 2. The van der Waals surface area contributed by atoms with E-state index in [1.54, 1.807) is 4.90 Å². The Bertz CT molecular complexity index is 2300. The lowest BCUT2D eigenvalue weighted by atomic mass is 9.82. The van der Waals surface area contributed by atoms with Crippen molar-refractivity contribution in [1.82, 2.24) is 40.4 Å². The first-order chi connectivity index (χ1) is 26.9. The van der Waals surface area contributed by atoms with E-state index in [-0.39, 0.29) is 37.0 Å². The lowest BCUT2D eigenvalue weighted by Crippen LogP contribution is -2.40. The Morgan fingerprint density at radius 3 is 2.18 bits per heavy atom. The monoisotopic (exact) mass is 740 g/mol. The SMILES string of the molecule is COC(=O)NCC(=O)N1CCCC1c1nc2ccc(-c3ccc(-c4ccc(-c5cnc(C6CCCN6C(=O)CNC=O)[nH]5)c5c4C4CCC5C4)cc3)cc2[nH]1. The normalized spacial score (nSPS) is 21.3. The van der Waals surface area contributed by atoms with Gasteiger partial charge in [0.1, 0.15) is 18.2 Å². The summed E-state index contributed by atoms with van der Waals surface area (Å²) >= 11 is 0. The van der Waals surface area contributed by atoms with Crippen molar-refractivity contribution in [3.05, 3.63) is 83.6 Å². The van der Waals surface area contributed by atoms with Gasteiger partial charge in [0, 0.05) is 18.7 Å². The van der Waals surface area contributed by atoms with Crippen LogP contribution in [-0.2, 0) is 19.1 Å². The smallest absolute Gasteiger partial charge is 0.407 e. The summed E-state index contributed by atoms with van der Waals surface area (Å²) in [5.74, 6) is 2.36. The van der Waals surface area contributed by atoms with E-state index >= 15 is 0 Å². The number of ether oxygens (including phenoxy) is 1. The van der Waals surface area contributed by atoms with Crippen molar-refractivity contribution in [2.24, 2.45) is 0 Å². The molecule has 3 aromatic carbocycles. The highest BCUT2D eigenvalue weighted by atomic mass is 16.5. The molecule has 282 valence electrons. The van der Waals surface area contributed by atoms with E-state index in [2.05, 4.69) is 73.9 Å². The van der Waals surface area contributed by atoms with Crippen LogP contribution in [0.15, 0.2) is 60.8 Å². The standard InChI is InChI=1S/C42H44N8O5/c1-55-42(54)45-22-37(53)50-17-3-5-35(50)41-46-31-15-12-26(19-32(31)47-41)24-6-8-25(9-7-24)29-13-14-30(39-28-11-10-27(18-28)38(29)39)33-20-44-40(48-33)34-4-2-16-49(34)36(52)21-43-23-51/h6-9,12-15,19-20,23,27-28,34-35H,2-5,10-11,16-18,21-22H2,1H3,(H,43,51)(H,44,48)(H,45,54)(H,46,47). The third-order valence-corrected chi connectivity index (χ3v) is 12.1. The number of benzene rings is 3. The lowest BCUT2D eigenvalue weighted by Gasteiger charge is -2.23. The zero-order chi connectivity index (χ0) is 37.6. The number of imidazole rings is 2. The van der Waals surface area contributed by atoms with Gasteiger partial charge in [0.25, 0.3) is 0 Å². The first-order valence-electron chi connectivity index (χ1n) is 19.3. The van der Waals surface area contributed by atoms with E-state index in [0.717, 1.165) is 65.2 Å². The average Bonchev–Trinajstić information content (AvgIpc) is 4.08. The van der Waals surface area contributed by atoms with Crippen LogP contribution in [0.2, 0.25) is 0 Å². The topological polar surface area (TPSA) is 165 Å². The van der Waals surface area contributed by atoms with Crippen molar-refractivity contribution in [3.63, 3.8) is 0 Å². The number of hydrogen-bond donors (Lipinski definition) is 4. The molecule has 0 spiro atoms. The predicted octanol–water partition coefficient (Wildman–Crippen LogP) is 6.08. The quantitative estimate of drug-likeness (QED) is 0.126. The molecule has 2 aromatic heterocycles. The summed E-state index contributed by atoms with van der Waals surface area (Å²) in [5.41, 5.74) is 11.5. The fraction of sp³-hybridized carbons (Fsp3) is 0.381. The summed E-state index contributed by atoms with van der Waals surface area (Å²) in [7, 11) is 1.28. The number of aromatic nitrogens is 4. The maximum atomic E-state index is 12.9. The van der Waals surface area contributed by atoms with Gasteiger partial charge in [-0.1, -0.05) is 42.5 Å². The molecular formula is C42H44N8O5. The molecule has 4 atom stereocenters. The highest BCUT2D eigenvalue weighted by Crippen LogP contribution is 2.58. The first-order valence-corrected chi connectivity index (χ1v) is 19.3. The van der Waals surface area contributed by atoms with Crippen LogP contribution in [0.1, 0.15) is 91.6 Å². The minimum Gasteiger partial charge on any atom is -0.453 e. The minimum atomic E-state index is -0.627. The van der Waals surface area contributed by atoms with Gasteiger partial charge in [0.2, 0.25) is 18.2 Å². The van der Waals surface area contributed by atoms with Gasteiger partial charge in [-0.05, 0) is 102 Å². The second-order valence-electron chi connectivity index (χ2n) is 15.1. The van der Waals surface area contributed by atoms with Crippen LogP contribution in [0, 0.1) is 0 Å². The summed E-state index contributed by atoms with van der Waals surface area (Å²) < 4.78 is 4.61. The van der Waals surface area contributed by atoms with E-state index in [1.165, 1.54) is 54.2 Å². The molecule has 4 amide bonds. The third kappa shape index (κ3) is 6.30. The maximum Gasteiger partial charge on any atom is 0.407 e. The number of nitrogens with one attached hydrogen (secondary N) is 4. The van der Waals surface area contributed by atoms with Gasteiger partial charge in [0.05, 0.1) is 48.7 Å². The summed E-state index contributed by atoms with van der Waals surface area (Å²) in [4.78, 5) is 68.3. The number of carbonyl (C=O) groups excluding carboxylic acids is 4. The number of carbonyl (C=O) groups is 4. The Kier molecular flexibility index (Phi) is 9.07. The zero-order valence-corrected chi connectivity index (χ0v) is 30.8. The van der Waals surface area contributed by atoms with Gasteiger partial charge in [-0.3, -0.25) is 14.4 Å². The third-order valence-electron chi connectivity index (χ3n) is 12.1. The molecule has 55 heavy (non-hydrogen) atoms. The molecule has 13 heteroatoms. The number of alkyl carbamates (subject to hydrolysis) is 1. The summed E-state index contributed by atoms with van der Waals surface area (Å²) in [5, 5.41) is 4.99. The molecule has 13 nitrogen and oxygen atoms in total. The molecule has 2 aliphatic heterocycles. The zero-order valence-electron chi connectivity index (χ0n) is 30.8. The fourth-order valence-electron chi connectivity index (χ4n) is 9.61. The second kappa shape index (κ2) is 14.3. The van der Waals surface area contributed by atoms with Crippen LogP contribution in [0.25, 0.3) is 44.5 Å². The fourth-order valence-corrected chi connectivity index (χ4v) is 9.61. The molecular weight excluding hydrogens is 697 g/mol. The maximum absolute atomic E-state index is 12.9. The van der Waals surface area contributed by atoms with Gasteiger partial charge < -0.3 is 35.1 Å². The van der Waals surface area contributed by atoms with Crippen molar-refractivity contribution in [3.8, 4) is 33.5 Å². The van der Waals surface area contributed by atoms with Crippen molar-refractivity contribution in [1.29, 1.82) is 0 Å². The molecule has 9 rings (SSSR count). The molecule has 4 unspecified atom stereocenters. The van der Waals surface area contributed by atoms with Crippen LogP contribution in [0.4, 0.5) is 4.79 Å². The molecule has 2 bridgehead atoms. The lowest BCUT2D eigenvalue weighted by molar-refractivity contribution is -0.132. The van der Waals surface area contributed by atoms with Crippen LogP contribution >= 0.6 is 0 Å². The Morgan fingerprint density at radius 2 is 1.45 bits per heavy atom. The van der Waals surface area contributed by atoms with E-state index in [9.17, 15) is 19.2 Å². The average molecular weight is 741 g/mol. The number of fused-ring (bicyclic) bond motifs is 6. The minimum absolute atomic E-state index is 0.00255. The van der Waals surface area contributed by atoms with Gasteiger partial charge in [-0.2, -0.15) is 0 Å². The molecule has 3 fully saturated rings. The number of rotatable bonds is 10. The predicted molar refractivity (Wildman–Crippen MR) is 206 cm³/mol. The van der Waals surface area contributed by atoms with Crippen LogP contribution in [-0.4, -0.2) is 87.3 Å². The Morgan fingerprint density at radius 1 is 0.800 bits per heavy atom. The van der Waals surface area contributed by atoms with Crippen LogP contribution in [0.5, 0.6) is 0 Å². The molecule has 2 saturated heterocycles. The number of likely N-dealkylation sites (tertiary alicyclic amines) is 2. The van der Waals surface area contributed by atoms with Gasteiger partial charge >= 0.3 is 6.09 Å². The van der Waals surface area contributed by atoms with Crippen molar-refractivity contribution in [2.45, 2.75) is 68.9 Å². The molecule has 0 radical (unpaired) electrons. The molecule has 5 aromatic rings. The Labute approximate surface area is 318 Å². The summed E-state index contributed by atoms with van der Waals surface area (Å²) in [6, 6.07) is 19.3. The number of amides is 4. The summed E-state index contributed by atoms with van der Waals surface area (Å²) in [6.45, 7) is 1.16. The molecule has 4 N–H and O–H groups in total. The van der Waals surface area contributed by atoms with Gasteiger partial charge in [-0.25, -0.2) is 14.8 Å². The Balaban J connectivity index is 0.951. The number of nitrogens with zero attached hydrogens (tertiary/aromatic N) is 4. The van der Waals surface area contributed by atoms with Crippen LogP contribution < -0.4 is 10.6 Å². The highest BCUT2D eigenvalue weighted by Gasteiger charge is 2.41. The molecule has 4 aliphatic rings.